The third-order valence-electron chi connectivity index (χ3n) is 6.27. The quantitative estimate of drug-likeness (QED) is 0.427. The second-order valence-corrected chi connectivity index (χ2v) is 8.95. The third kappa shape index (κ3) is 4.23. The maximum Gasteiger partial charge on any atom is 0.293 e. The number of halogens is 1. The molecule has 10 heteroatoms. The van der Waals surface area contributed by atoms with E-state index in [9.17, 15) is 9.59 Å². The molecule has 1 aliphatic rings. The average Bonchev–Trinajstić information content (AvgIpc) is 3.48. The number of amides is 2. The van der Waals surface area contributed by atoms with Gasteiger partial charge in [-0.3, -0.25) is 9.59 Å². The molecule has 1 atom stereocenters. The van der Waals surface area contributed by atoms with Crippen LogP contribution in [-0.4, -0.2) is 69.2 Å². The maximum absolute atomic E-state index is 13.3. The van der Waals surface area contributed by atoms with Gasteiger partial charge in [0.1, 0.15) is 17.7 Å². The van der Waals surface area contributed by atoms with Gasteiger partial charge in [-0.2, -0.15) is 0 Å². The summed E-state index contributed by atoms with van der Waals surface area (Å²) in [6, 6.07) is 12.4. The fraction of sp³-hybridized carbons (Fsp3) is 0.280. The Labute approximate surface area is 206 Å². The molecule has 0 radical (unpaired) electrons. The number of benzene rings is 2. The summed E-state index contributed by atoms with van der Waals surface area (Å²) in [5, 5.41) is 5.76. The highest BCUT2D eigenvalue weighted by atomic mass is 35.5. The van der Waals surface area contributed by atoms with Crippen LogP contribution in [0.2, 0.25) is 5.02 Å². The lowest BCUT2D eigenvalue weighted by atomic mass is 10.1. The molecule has 1 fully saturated rings. The number of rotatable bonds is 4. The summed E-state index contributed by atoms with van der Waals surface area (Å²) in [5.41, 5.74) is 2.11. The van der Waals surface area contributed by atoms with Gasteiger partial charge in [0.2, 0.25) is 5.82 Å². The van der Waals surface area contributed by atoms with Crippen LogP contribution in [-0.2, 0) is 0 Å². The molecule has 0 saturated carbocycles. The molecule has 1 aliphatic heterocycles. The molecule has 0 bridgehead atoms. The molecule has 0 aliphatic carbocycles. The van der Waals surface area contributed by atoms with E-state index >= 15 is 0 Å². The molecule has 2 aromatic carbocycles. The van der Waals surface area contributed by atoms with E-state index in [1.165, 1.54) is 11.0 Å². The van der Waals surface area contributed by atoms with Crippen LogP contribution in [0.4, 0.5) is 0 Å². The minimum atomic E-state index is -0.281. The number of carbonyl (C=O) groups is 2. The van der Waals surface area contributed by atoms with Gasteiger partial charge >= 0.3 is 0 Å². The van der Waals surface area contributed by atoms with Crippen molar-refractivity contribution in [2.24, 2.45) is 0 Å². The first kappa shape index (κ1) is 22.9. The van der Waals surface area contributed by atoms with E-state index in [-0.39, 0.29) is 23.7 Å². The van der Waals surface area contributed by atoms with Gasteiger partial charge < -0.3 is 19.0 Å². The zero-order valence-corrected chi connectivity index (χ0v) is 20.3. The summed E-state index contributed by atoms with van der Waals surface area (Å²) in [6.45, 7) is 4.89. The van der Waals surface area contributed by atoms with Crippen LogP contribution < -0.4 is 4.74 Å². The first-order valence-electron chi connectivity index (χ1n) is 11.2. The summed E-state index contributed by atoms with van der Waals surface area (Å²) in [6.07, 6.45) is 1.49. The number of aromatic nitrogens is 3. The van der Waals surface area contributed by atoms with Gasteiger partial charge in [-0.25, -0.2) is 9.67 Å². The van der Waals surface area contributed by atoms with Crippen molar-refractivity contribution >= 4 is 34.4 Å². The van der Waals surface area contributed by atoms with Crippen molar-refractivity contribution < 1.29 is 18.7 Å². The monoisotopic (exact) mass is 493 g/mol. The van der Waals surface area contributed by atoms with Gasteiger partial charge in [-0.1, -0.05) is 17.7 Å². The van der Waals surface area contributed by atoms with E-state index in [0.717, 1.165) is 10.9 Å². The zero-order valence-electron chi connectivity index (χ0n) is 19.6. The molecule has 0 spiro atoms. The largest absolute Gasteiger partial charge is 0.497 e. The number of piperazine rings is 1. The Kier molecular flexibility index (Phi) is 5.94. The predicted octanol–water partition coefficient (Wildman–Crippen LogP) is 3.97. The van der Waals surface area contributed by atoms with Crippen LogP contribution in [0.15, 0.2) is 53.2 Å². The second kappa shape index (κ2) is 9.07. The van der Waals surface area contributed by atoms with Crippen molar-refractivity contribution in [1.82, 2.24) is 24.6 Å². The molecule has 1 saturated heterocycles. The van der Waals surface area contributed by atoms with E-state index in [0.29, 0.717) is 47.4 Å². The van der Waals surface area contributed by atoms with Crippen molar-refractivity contribution in [3.8, 4) is 11.4 Å². The number of hydrogen-bond acceptors (Lipinski definition) is 6. The van der Waals surface area contributed by atoms with Crippen molar-refractivity contribution in [3.05, 3.63) is 71.0 Å². The molecular weight excluding hydrogens is 470 g/mol. The van der Waals surface area contributed by atoms with E-state index < -0.39 is 0 Å². The van der Waals surface area contributed by atoms with Crippen molar-refractivity contribution in [1.29, 1.82) is 0 Å². The lowest BCUT2D eigenvalue weighted by Crippen LogP contribution is -2.55. The summed E-state index contributed by atoms with van der Waals surface area (Å²) in [5.74, 6) is 0.593. The summed E-state index contributed by atoms with van der Waals surface area (Å²) >= 11 is 6.05. The van der Waals surface area contributed by atoms with Gasteiger partial charge in [-0.05, 0) is 44.2 Å². The van der Waals surface area contributed by atoms with Gasteiger partial charge in [0.15, 0.2) is 5.76 Å². The Morgan fingerprint density at radius 2 is 1.97 bits per heavy atom. The van der Waals surface area contributed by atoms with Crippen LogP contribution >= 0.6 is 11.6 Å². The molecule has 2 aromatic heterocycles. The minimum absolute atomic E-state index is 0.0963. The summed E-state index contributed by atoms with van der Waals surface area (Å²) in [4.78, 5) is 34.0. The maximum atomic E-state index is 13.3. The van der Waals surface area contributed by atoms with Crippen LogP contribution in [0, 0.1) is 6.92 Å². The smallest absolute Gasteiger partial charge is 0.293 e. The molecule has 1 unspecified atom stereocenters. The molecule has 9 nitrogen and oxygen atoms in total. The van der Waals surface area contributed by atoms with Gasteiger partial charge in [0.25, 0.3) is 11.8 Å². The molecule has 180 valence electrons. The summed E-state index contributed by atoms with van der Waals surface area (Å²) < 4.78 is 12.7. The Bertz CT molecular complexity index is 1430. The predicted molar refractivity (Wildman–Crippen MR) is 130 cm³/mol. The first-order chi connectivity index (χ1) is 16.9. The number of furan rings is 1. The lowest BCUT2D eigenvalue weighted by Gasteiger charge is -2.39. The number of fused-ring (bicyclic) bond motifs is 1. The van der Waals surface area contributed by atoms with E-state index in [4.69, 9.17) is 20.8 Å². The first-order valence-corrected chi connectivity index (χ1v) is 11.6. The number of hydrogen-bond donors (Lipinski definition) is 0. The van der Waals surface area contributed by atoms with Crippen molar-refractivity contribution in [2.75, 3.05) is 26.7 Å². The number of nitrogens with zero attached hydrogens (tertiary/aromatic N) is 5. The Balaban J connectivity index is 1.30. The van der Waals surface area contributed by atoms with E-state index in [1.807, 2.05) is 32.0 Å². The fourth-order valence-corrected chi connectivity index (χ4v) is 4.54. The molecule has 35 heavy (non-hydrogen) atoms. The highest BCUT2D eigenvalue weighted by molar-refractivity contribution is 6.30. The topological polar surface area (TPSA) is 93.7 Å². The van der Waals surface area contributed by atoms with Crippen LogP contribution in [0.3, 0.4) is 0 Å². The molecule has 5 rings (SSSR count). The van der Waals surface area contributed by atoms with Gasteiger partial charge in [-0.15, -0.1) is 5.10 Å². The molecule has 4 aromatic rings. The third-order valence-corrected chi connectivity index (χ3v) is 6.51. The minimum Gasteiger partial charge on any atom is -0.497 e. The fourth-order valence-electron chi connectivity index (χ4n) is 4.36. The van der Waals surface area contributed by atoms with E-state index in [2.05, 4.69) is 10.1 Å². The normalized spacial score (nSPS) is 16.1. The van der Waals surface area contributed by atoms with Crippen LogP contribution in [0.1, 0.15) is 33.7 Å². The summed E-state index contributed by atoms with van der Waals surface area (Å²) in [7, 11) is 1.59. The Morgan fingerprint density at radius 1 is 1.14 bits per heavy atom. The second-order valence-electron chi connectivity index (χ2n) is 8.51. The van der Waals surface area contributed by atoms with E-state index in [1.54, 1.807) is 41.2 Å². The Morgan fingerprint density at radius 3 is 2.71 bits per heavy atom. The standard InChI is InChI=1S/C25H24ClN5O4/c1-15-13-29(25(33)23-27-14-31(28-23)18-6-4-5-17(26)11-18)9-10-30(15)24(32)22-16(2)20-8-7-19(34-3)12-21(20)35-22/h4-8,11-12,14-15H,9-10,13H2,1-3H3. The zero-order chi connectivity index (χ0) is 24.7. The van der Waals surface area contributed by atoms with Crippen LogP contribution in [0.25, 0.3) is 16.7 Å². The van der Waals surface area contributed by atoms with Crippen molar-refractivity contribution in [2.45, 2.75) is 19.9 Å². The van der Waals surface area contributed by atoms with Crippen LogP contribution in [0.5, 0.6) is 5.75 Å². The average molecular weight is 494 g/mol. The highest BCUT2D eigenvalue weighted by Crippen LogP contribution is 2.30. The SMILES string of the molecule is COc1ccc2c(C)c(C(=O)N3CCN(C(=O)c4ncn(-c5cccc(Cl)c5)n4)CC3C)oc2c1. The van der Waals surface area contributed by atoms with Gasteiger partial charge in [0, 0.05) is 47.7 Å². The number of carbonyl (C=O) groups excluding carboxylic acids is 2. The number of ether oxygens (including phenoxy) is 1. The lowest BCUT2D eigenvalue weighted by molar-refractivity contribution is 0.0391. The van der Waals surface area contributed by atoms with Crippen molar-refractivity contribution in [3.63, 3.8) is 0 Å². The Hall–Kier alpha value is -3.85. The molecule has 0 N–H and O–H groups in total. The molecular formula is C25H24ClN5O4. The molecule has 3 heterocycles. The number of aryl methyl sites for hydroxylation is 1. The number of methoxy groups -OCH3 is 1. The highest BCUT2D eigenvalue weighted by Gasteiger charge is 2.34. The molecule has 2 amide bonds. The van der Waals surface area contributed by atoms with Gasteiger partial charge in [0.05, 0.1) is 12.8 Å².